The lowest BCUT2D eigenvalue weighted by Gasteiger charge is -2.26. The lowest BCUT2D eigenvalue weighted by Crippen LogP contribution is -2.31. The van der Waals surface area contributed by atoms with Crippen molar-refractivity contribution in [2.75, 3.05) is 31.1 Å². The summed E-state index contributed by atoms with van der Waals surface area (Å²) in [4.78, 5) is 13.4. The van der Waals surface area contributed by atoms with Crippen LogP contribution in [0.5, 0.6) is 11.5 Å². The van der Waals surface area contributed by atoms with Gasteiger partial charge in [-0.05, 0) is 69.1 Å². The molecular weight excluding hydrogens is 588 g/mol. The Morgan fingerprint density at radius 2 is 1.84 bits per heavy atom. The van der Waals surface area contributed by atoms with Gasteiger partial charge in [-0.25, -0.2) is 14.4 Å². The molecule has 13 heteroatoms. The first kappa shape index (κ1) is 29.2. The number of nitrogens with zero attached hydrogens (tertiary/aromatic N) is 7. The summed E-state index contributed by atoms with van der Waals surface area (Å²) in [6.45, 7) is 7.78. The second-order valence-electron chi connectivity index (χ2n) is 12.3. The van der Waals surface area contributed by atoms with Crippen LogP contribution in [-0.2, 0) is 12.7 Å². The molecule has 0 radical (unpaired) electrons. The third-order valence-corrected chi connectivity index (χ3v) is 8.78. The van der Waals surface area contributed by atoms with Crippen molar-refractivity contribution in [2.45, 2.75) is 45.5 Å². The van der Waals surface area contributed by atoms with Gasteiger partial charge in [-0.1, -0.05) is 12.1 Å². The molecule has 1 unspecified atom stereocenters. The molecule has 0 aliphatic carbocycles. The first-order chi connectivity index (χ1) is 21.6. The molecular formula is C32H32F4N8O. The van der Waals surface area contributed by atoms with Crippen LogP contribution in [0.2, 0.25) is 0 Å². The molecule has 234 valence electrons. The largest absolute Gasteiger partial charge is 0.451 e. The van der Waals surface area contributed by atoms with Crippen LogP contribution in [0, 0.1) is 11.2 Å². The van der Waals surface area contributed by atoms with Gasteiger partial charge in [-0.2, -0.15) is 23.4 Å². The summed E-state index contributed by atoms with van der Waals surface area (Å²) in [7, 11) is 0. The first-order valence-electron chi connectivity index (χ1n) is 14.9. The number of hydrogen-bond donors (Lipinski definition) is 1. The lowest BCUT2D eigenvalue weighted by molar-refractivity contribution is -0.141. The number of halogens is 4. The zero-order valence-electron chi connectivity index (χ0n) is 24.9. The summed E-state index contributed by atoms with van der Waals surface area (Å²) < 4.78 is 62.9. The quantitative estimate of drug-likeness (QED) is 0.199. The van der Waals surface area contributed by atoms with Gasteiger partial charge in [0, 0.05) is 48.6 Å². The smallest absolute Gasteiger partial charge is 0.435 e. The molecule has 1 N–H and O–H groups in total. The Kier molecular flexibility index (Phi) is 7.22. The zero-order chi connectivity index (χ0) is 31.3. The highest BCUT2D eigenvalue weighted by atomic mass is 19.4. The predicted molar refractivity (Wildman–Crippen MR) is 160 cm³/mol. The van der Waals surface area contributed by atoms with E-state index in [2.05, 4.69) is 53.3 Å². The van der Waals surface area contributed by atoms with Crippen molar-refractivity contribution < 1.29 is 22.3 Å². The van der Waals surface area contributed by atoms with E-state index in [0.29, 0.717) is 11.6 Å². The topological polar surface area (TPSA) is 88.0 Å². The molecule has 9 nitrogen and oxygen atoms in total. The fraction of sp³-hybridized carbons (Fsp3) is 0.375. The highest BCUT2D eigenvalue weighted by Gasteiger charge is 2.44. The van der Waals surface area contributed by atoms with Gasteiger partial charge < -0.3 is 9.64 Å². The molecule has 2 aliphatic rings. The Morgan fingerprint density at radius 3 is 2.67 bits per heavy atom. The minimum atomic E-state index is -4.65. The van der Waals surface area contributed by atoms with Crippen molar-refractivity contribution in [2.24, 2.45) is 5.41 Å². The minimum absolute atomic E-state index is 0.0963. The van der Waals surface area contributed by atoms with Crippen LogP contribution in [0.1, 0.15) is 44.0 Å². The van der Waals surface area contributed by atoms with Crippen molar-refractivity contribution in [1.29, 1.82) is 0 Å². The van der Waals surface area contributed by atoms with E-state index in [-0.39, 0.29) is 22.4 Å². The summed E-state index contributed by atoms with van der Waals surface area (Å²) in [5.41, 5.74) is 1.56. The Balaban J connectivity index is 1.12. The summed E-state index contributed by atoms with van der Waals surface area (Å²) in [6, 6.07) is 10.7. The van der Waals surface area contributed by atoms with E-state index in [1.807, 2.05) is 6.20 Å². The summed E-state index contributed by atoms with van der Waals surface area (Å²) in [6.07, 6.45) is 2.20. The van der Waals surface area contributed by atoms with Gasteiger partial charge in [0.25, 0.3) is 0 Å². The van der Waals surface area contributed by atoms with Gasteiger partial charge in [0.2, 0.25) is 0 Å². The Labute approximate surface area is 256 Å². The third-order valence-electron chi connectivity index (χ3n) is 8.78. The standard InChI is InChI=1S/C32H32F4N8O/c1-20(2)44-26(13-29(41-44)32(34,35)36)24-12-23(33)5-6-27(24)45-28-15-37-19-38-30(28)43-10-8-31(18-43)7-9-42(17-31)16-21-3-4-22-14-39-40-25(22)11-21/h3-6,11-15,19-20H,7-10,16-18H2,1-2H3,(H,39,40). The highest BCUT2D eigenvalue weighted by Crippen LogP contribution is 2.45. The predicted octanol–water partition coefficient (Wildman–Crippen LogP) is 6.85. The molecule has 7 rings (SSSR count). The number of anilines is 1. The Morgan fingerprint density at radius 1 is 1.00 bits per heavy atom. The maximum atomic E-state index is 14.5. The maximum absolute atomic E-state index is 14.5. The van der Waals surface area contributed by atoms with E-state index in [4.69, 9.17) is 4.74 Å². The molecule has 5 heterocycles. The van der Waals surface area contributed by atoms with E-state index in [1.165, 1.54) is 34.9 Å². The molecule has 0 bridgehead atoms. The van der Waals surface area contributed by atoms with Gasteiger partial charge in [0.1, 0.15) is 17.9 Å². The molecule has 2 aromatic carbocycles. The van der Waals surface area contributed by atoms with E-state index >= 15 is 0 Å². The van der Waals surface area contributed by atoms with E-state index < -0.39 is 23.7 Å². The second-order valence-corrected chi connectivity index (χ2v) is 12.3. The summed E-state index contributed by atoms with van der Waals surface area (Å²) in [5.74, 6) is 0.507. The molecule has 1 atom stereocenters. The van der Waals surface area contributed by atoms with E-state index in [1.54, 1.807) is 13.8 Å². The number of fused-ring (bicyclic) bond motifs is 1. The van der Waals surface area contributed by atoms with Crippen LogP contribution in [0.15, 0.2) is 61.2 Å². The SMILES string of the molecule is CC(C)n1nc(C(F)(F)F)cc1-c1cc(F)ccc1Oc1cncnc1N1CCC2(CCN(Cc3ccc4cn[nH]c4c3)C2)C1. The molecule has 5 aromatic rings. The number of benzene rings is 2. The number of hydrogen-bond acceptors (Lipinski definition) is 7. The third kappa shape index (κ3) is 5.72. The number of ether oxygens (including phenoxy) is 1. The Hall–Kier alpha value is -4.52. The van der Waals surface area contributed by atoms with Gasteiger partial charge in [-0.3, -0.25) is 14.7 Å². The normalized spacial score (nSPS) is 19.0. The number of aromatic nitrogens is 6. The molecule has 2 fully saturated rings. The van der Waals surface area contributed by atoms with Crippen LogP contribution in [0.3, 0.4) is 0 Å². The fourth-order valence-corrected chi connectivity index (χ4v) is 6.61. The van der Waals surface area contributed by atoms with Crippen molar-refractivity contribution in [3.05, 3.63) is 78.3 Å². The van der Waals surface area contributed by atoms with Crippen molar-refractivity contribution in [1.82, 2.24) is 34.8 Å². The average molecular weight is 621 g/mol. The number of rotatable bonds is 7. The molecule has 1 spiro atoms. The first-order valence-corrected chi connectivity index (χ1v) is 14.9. The van der Waals surface area contributed by atoms with Gasteiger partial charge in [0.15, 0.2) is 17.3 Å². The number of likely N-dealkylation sites (tertiary alicyclic amines) is 1. The zero-order valence-corrected chi connectivity index (χ0v) is 24.9. The van der Waals surface area contributed by atoms with E-state index in [0.717, 1.165) is 68.6 Å². The molecule has 0 amide bonds. The maximum Gasteiger partial charge on any atom is 0.435 e. The van der Waals surface area contributed by atoms with Gasteiger partial charge in [-0.15, -0.1) is 0 Å². The van der Waals surface area contributed by atoms with Crippen LogP contribution in [0.4, 0.5) is 23.4 Å². The molecule has 45 heavy (non-hydrogen) atoms. The fourth-order valence-electron chi connectivity index (χ4n) is 6.61. The van der Waals surface area contributed by atoms with Crippen molar-refractivity contribution in [3.8, 4) is 22.8 Å². The van der Waals surface area contributed by atoms with Gasteiger partial charge >= 0.3 is 6.18 Å². The van der Waals surface area contributed by atoms with Crippen LogP contribution >= 0.6 is 0 Å². The van der Waals surface area contributed by atoms with Crippen LogP contribution in [0.25, 0.3) is 22.2 Å². The molecule has 2 aliphatic heterocycles. The number of H-pyrrole nitrogens is 1. The van der Waals surface area contributed by atoms with Crippen molar-refractivity contribution in [3.63, 3.8) is 0 Å². The van der Waals surface area contributed by atoms with Gasteiger partial charge in [0.05, 0.1) is 23.6 Å². The lowest BCUT2D eigenvalue weighted by atomic mass is 9.86. The number of nitrogens with one attached hydrogen (secondary N) is 1. The molecule has 2 saturated heterocycles. The minimum Gasteiger partial charge on any atom is -0.451 e. The molecule has 3 aromatic heterocycles. The molecule has 0 saturated carbocycles. The van der Waals surface area contributed by atoms with Crippen LogP contribution < -0.4 is 9.64 Å². The van der Waals surface area contributed by atoms with Crippen molar-refractivity contribution >= 4 is 16.7 Å². The summed E-state index contributed by atoms with van der Waals surface area (Å²) >= 11 is 0. The number of alkyl halides is 3. The monoisotopic (exact) mass is 620 g/mol. The Bertz CT molecular complexity index is 1850. The second kappa shape index (κ2) is 11.1. The number of aromatic amines is 1. The van der Waals surface area contributed by atoms with Crippen LogP contribution in [-0.4, -0.2) is 61.0 Å². The van der Waals surface area contributed by atoms with E-state index in [9.17, 15) is 17.6 Å². The summed E-state index contributed by atoms with van der Waals surface area (Å²) in [5, 5.41) is 12.0. The average Bonchev–Trinajstić information content (AvgIpc) is 3.81. The highest BCUT2D eigenvalue weighted by molar-refractivity contribution is 5.78.